The Morgan fingerprint density at radius 1 is 1.06 bits per heavy atom. The summed E-state index contributed by atoms with van der Waals surface area (Å²) >= 11 is 0. The molecule has 0 amide bonds. The molecule has 2 unspecified atom stereocenters. The molecule has 4 rings (SSSR count). The van der Waals surface area contributed by atoms with Gasteiger partial charge < -0.3 is 14.2 Å². The quantitative estimate of drug-likeness (QED) is 0.570. The highest BCUT2D eigenvalue weighted by Crippen LogP contribution is 2.50. The molecule has 3 aromatic rings. The van der Waals surface area contributed by atoms with Crippen molar-refractivity contribution in [2.24, 2.45) is 5.14 Å². The third kappa shape index (κ3) is 4.13. The van der Waals surface area contributed by atoms with Gasteiger partial charge in [0.15, 0.2) is 0 Å². The van der Waals surface area contributed by atoms with Crippen molar-refractivity contribution < 1.29 is 31.4 Å². The Balaban J connectivity index is 1.94. The molecule has 0 bridgehead atoms. The number of primary sulfonamides is 1. The van der Waals surface area contributed by atoms with E-state index < -0.39 is 28.0 Å². The van der Waals surface area contributed by atoms with Gasteiger partial charge in [0.2, 0.25) is 10.0 Å². The Kier molecular flexibility index (Phi) is 5.79. The van der Waals surface area contributed by atoms with E-state index in [0.717, 1.165) is 5.56 Å². The van der Waals surface area contributed by atoms with E-state index in [9.17, 15) is 17.2 Å². The third-order valence-corrected chi connectivity index (χ3v) is 6.69. The van der Waals surface area contributed by atoms with Gasteiger partial charge in [0, 0.05) is 11.1 Å². The molecule has 6 nitrogen and oxygen atoms in total. The Morgan fingerprint density at radius 2 is 1.81 bits per heavy atom. The summed E-state index contributed by atoms with van der Waals surface area (Å²) in [5.74, 6) is 0.952. The zero-order valence-corrected chi connectivity index (χ0v) is 18.1. The van der Waals surface area contributed by atoms with E-state index in [2.05, 4.69) is 0 Å². The van der Waals surface area contributed by atoms with Gasteiger partial charge >= 0.3 is 6.61 Å². The van der Waals surface area contributed by atoms with Crippen molar-refractivity contribution in [3.05, 3.63) is 77.4 Å². The Morgan fingerprint density at radius 3 is 2.50 bits per heavy atom. The average molecular weight is 461 g/mol. The molecule has 32 heavy (non-hydrogen) atoms. The monoisotopic (exact) mass is 461 g/mol. The van der Waals surface area contributed by atoms with Gasteiger partial charge in [0.1, 0.15) is 23.4 Å². The number of benzene rings is 3. The summed E-state index contributed by atoms with van der Waals surface area (Å²) in [6, 6.07) is 16.9. The molecule has 2 atom stereocenters. The second-order valence-electron chi connectivity index (χ2n) is 7.36. The molecule has 168 valence electrons. The third-order valence-electron chi connectivity index (χ3n) is 5.44. The summed E-state index contributed by atoms with van der Waals surface area (Å²) in [6.07, 6.45) is -0.637. The number of nitrogens with two attached hydrogens (primary N) is 1. The molecule has 0 saturated carbocycles. The van der Waals surface area contributed by atoms with E-state index in [4.69, 9.17) is 19.3 Å². The fourth-order valence-corrected chi connectivity index (χ4v) is 4.31. The predicted octanol–water partition coefficient (Wildman–Crippen LogP) is 4.79. The first kappa shape index (κ1) is 22.0. The number of hydrogen-bond donors (Lipinski definition) is 1. The molecule has 2 N–H and O–H groups in total. The topological polar surface area (TPSA) is 87.8 Å². The lowest BCUT2D eigenvalue weighted by molar-refractivity contribution is -0.0496. The van der Waals surface area contributed by atoms with Crippen LogP contribution in [0.5, 0.6) is 17.2 Å². The fourth-order valence-electron chi connectivity index (χ4n) is 3.78. The maximum atomic E-state index is 13.0. The summed E-state index contributed by atoms with van der Waals surface area (Å²) in [5, 5.41) is 4.38. The van der Waals surface area contributed by atoms with Gasteiger partial charge in [-0.1, -0.05) is 30.3 Å². The number of ether oxygens (including phenoxy) is 3. The molecule has 9 heteroatoms. The molecule has 1 aliphatic heterocycles. The molecule has 1 aliphatic rings. The highest BCUT2D eigenvalue weighted by molar-refractivity contribution is 7.89. The van der Waals surface area contributed by atoms with Crippen LogP contribution in [0.3, 0.4) is 0 Å². The largest absolute Gasteiger partial charge is 0.497 e. The molecule has 3 aromatic carbocycles. The SMILES string of the molecule is COc1cccc(C2Oc3cccc(OC(F)F)c3-c3ccc(C(C)S(N)(=O)=O)cc32)c1. The minimum absolute atomic E-state index is 0.0323. The average Bonchev–Trinajstić information content (AvgIpc) is 2.76. The lowest BCUT2D eigenvalue weighted by atomic mass is 9.87. The van der Waals surface area contributed by atoms with E-state index in [1.165, 1.54) is 13.0 Å². The number of hydrogen-bond acceptors (Lipinski definition) is 5. The van der Waals surface area contributed by atoms with Crippen LogP contribution >= 0.6 is 0 Å². The minimum atomic E-state index is -3.84. The molecule has 0 aromatic heterocycles. The number of methoxy groups -OCH3 is 1. The zero-order valence-electron chi connectivity index (χ0n) is 17.3. The molecule has 0 radical (unpaired) electrons. The maximum absolute atomic E-state index is 13.0. The van der Waals surface area contributed by atoms with E-state index >= 15 is 0 Å². The maximum Gasteiger partial charge on any atom is 0.387 e. The predicted molar refractivity (Wildman–Crippen MR) is 115 cm³/mol. The Bertz CT molecular complexity index is 1260. The number of sulfonamides is 1. The van der Waals surface area contributed by atoms with E-state index in [1.54, 1.807) is 55.6 Å². The first-order valence-electron chi connectivity index (χ1n) is 9.73. The number of fused-ring (bicyclic) bond motifs is 3. The van der Waals surface area contributed by atoms with E-state index in [-0.39, 0.29) is 5.75 Å². The summed E-state index contributed by atoms with van der Waals surface area (Å²) in [5.41, 5.74) is 2.77. The van der Waals surface area contributed by atoms with Gasteiger partial charge in [-0.15, -0.1) is 0 Å². The first-order chi connectivity index (χ1) is 15.2. The van der Waals surface area contributed by atoms with Crippen LogP contribution in [0.2, 0.25) is 0 Å². The standard InChI is InChI=1S/C23H21F2NO5S/c1-13(32(26,27)28)14-9-10-17-18(12-14)22(15-5-3-6-16(11-15)29-2)30-19-7-4-8-20(21(17)19)31-23(24)25/h3-13,22-23H,1-2H3,(H2,26,27,28). The summed E-state index contributed by atoms with van der Waals surface area (Å²) in [6.45, 7) is -1.52. The number of halogens is 2. The van der Waals surface area contributed by atoms with Crippen LogP contribution in [0.25, 0.3) is 11.1 Å². The van der Waals surface area contributed by atoms with Gasteiger partial charge in [-0.3, -0.25) is 0 Å². The molecular weight excluding hydrogens is 440 g/mol. The molecule has 0 saturated heterocycles. The summed E-state index contributed by atoms with van der Waals surface area (Å²) in [7, 11) is -2.30. The van der Waals surface area contributed by atoms with Crippen LogP contribution in [0.1, 0.15) is 35.0 Å². The van der Waals surface area contributed by atoms with Crippen LogP contribution in [0.15, 0.2) is 60.7 Å². The van der Waals surface area contributed by atoms with Gasteiger partial charge in [0.05, 0.1) is 17.9 Å². The smallest absolute Gasteiger partial charge is 0.387 e. The van der Waals surface area contributed by atoms with E-state index in [1.807, 2.05) is 6.07 Å². The van der Waals surface area contributed by atoms with Crippen molar-refractivity contribution in [3.8, 4) is 28.4 Å². The van der Waals surface area contributed by atoms with Crippen LogP contribution in [0, 0.1) is 0 Å². The molecular formula is C23H21F2NO5S. The zero-order chi connectivity index (χ0) is 23.0. The van der Waals surface area contributed by atoms with Crippen molar-refractivity contribution in [2.75, 3.05) is 7.11 Å². The Labute approximate surface area is 184 Å². The molecule has 0 spiro atoms. The first-order valence-corrected chi connectivity index (χ1v) is 11.3. The van der Waals surface area contributed by atoms with Crippen LogP contribution < -0.4 is 19.3 Å². The van der Waals surface area contributed by atoms with Crippen molar-refractivity contribution >= 4 is 10.0 Å². The fraction of sp³-hybridized carbons (Fsp3) is 0.217. The van der Waals surface area contributed by atoms with Crippen molar-refractivity contribution in [3.63, 3.8) is 0 Å². The van der Waals surface area contributed by atoms with Crippen LogP contribution in [0.4, 0.5) is 8.78 Å². The van der Waals surface area contributed by atoms with Gasteiger partial charge in [-0.05, 0) is 48.4 Å². The Hall–Kier alpha value is -3.17. The van der Waals surface area contributed by atoms with Crippen LogP contribution in [-0.4, -0.2) is 22.1 Å². The lowest BCUT2D eigenvalue weighted by Crippen LogP contribution is -2.21. The normalized spacial score (nSPS) is 16.0. The van der Waals surface area contributed by atoms with E-state index in [0.29, 0.717) is 33.8 Å². The minimum Gasteiger partial charge on any atom is -0.497 e. The second-order valence-corrected chi connectivity index (χ2v) is 9.25. The highest BCUT2D eigenvalue weighted by atomic mass is 32.2. The second kappa shape index (κ2) is 8.40. The van der Waals surface area contributed by atoms with Gasteiger partial charge in [-0.2, -0.15) is 8.78 Å². The molecule has 0 fully saturated rings. The molecule has 0 aliphatic carbocycles. The lowest BCUT2D eigenvalue weighted by Gasteiger charge is -2.31. The summed E-state index contributed by atoms with van der Waals surface area (Å²) < 4.78 is 66.2. The van der Waals surface area contributed by atoms with Crippen molar-refractivity contribution in [1.82, 2.24) is 0 Å². The van der Waals surface area contributed by atoms with Gasteiger partial charge in [0.25, 0.3) is 0 Å². The van der Waals surface area contributed by atoms with Crippen LogP contribution in [-0.2, 0) is 10.0 Å². The number of alkyl halides is 2. The van der Waals surface area contributed by atoms with Gasteiger partial charge in [-0.25, -0.2) is 13.6 Å². The molecule has 1 heterocycles. The highest BCUT2D eigenvalue weighted by Gasteiger charge is 2.32. The number of rotatable bonds is 6. The van der Waals surface area contributed by atoms with Crippen molar-refractivity contribution in [2.45, 2.75) is 24.9 Å². The van der Waals surface area contributed by atoms with Crippen molar-refractivity contribution in [1.29, 1.82) is 0 Å². The summed E-state index contributed by atoms with van der Waals surface area (Å²) in [4.78, 5) is 0.